The maximum Gasteiger partial charge on any atom is 0.0695 e. The van der Waals surface area contributed by atoms with E-state index in [2.05, 4.69) is 32.6 Å². The van der Waals surface area contributed by atoms with Crippen molar-refractivity contribution >= 4 is 0 Å². The van der Waals surface area contributed by atoms with Crippen LogP contribution in [0, 0.1) is 5.92 Å². The fraction of sp³-hybridized carbons (Fsp3) is 1.00. The minimum Gasteiger partial charge on any atom is -0.391 e. The van der Waals surface area contributed by atoms with Crippen LogP contribution in [-0.2, 0) is 0 Å². The predicted molar refractivity (Wildman–Crippen MR) is 69.6 cm³/mol. The summed E-state index contributed by atoms with van der Waals surface area (Å²) < 4.78 is 0. The number of hydrogen-bond donors (Lipinski definition) is 1. The molecule has 3 atom stereocenters. The average molecular weight is 227 g/mol. The van der Waals surface area contributed by atoms with Crippen LogP contribution < -0.4 is 0 Å². The van der Waals surface area contributed by atoms with E-state index < -0.39 is 0 Å². The average Bonchev–Trinajstić information content (AvgIpc) is 2.23. The van der Waals surface area contributed by atoms with E-state index in [1.54, 1.807) is 0 Å². The molecule has 2 nitrogen and oxygen atoms in total. The fourth-order valence-electron chi connectivity index (χ4n) is 3.22. The topological polar surface area (TPSA) is 23.5 Å². The fourth-order valence-corrected chi connectivity index (χ4v) is 3.22. The number of nitrogens with zero attached hydrogens (tertiary/aromatic N) is 1. The van der Waals surface area contributed by atoms with Crippen LogP contribution >= 0.6 is 0 Å². The van der Waals surface area contributed by atoms with Crippen molar-refractivity contribution in [3.63, 3.8) is 0 Å². The molecule has 3 unspecified atom stereocenters. The molecule has 0 heterocycles. The Hall–Kier alpha value is -0.0800. The van der Waals surface area contributed by atoms with Crippen LogP contribution in [0.5, 0.6) is 0 Å². The molecule has 1 fully saturated rings. The number of likely N-dealkylation sites (N-methyl/N-ethyl adjacent to an activating group) is 1. The van der Waals surface area contributed by atoms with Gasteiger partial charge in [-0.05, 0) is 45.6 Å². The molecule has 0 bridgehead atoms. The molecule has 1 N–H and O–H groups in total. The zero-order valence-electron chi connectivity index (χ0n) is 11.4. The molecule has 0 spiro atoms. The summed E-state index contributed by atoms with van der Waals surface area (Å²) in [6.45, 7) is 9.99. The second-order valence-corrected chi connectivity index (χ2v) is 5.53. The molecule has 0 radical (unpaired) electrons. The van der Waals surface area contributed by atoms with Crippen LogP contribution in [0.3, 0.4) is 0 Å². The Bertz CT molecular complexity index is 193. The van der Waals surface area contributed by atoms with Gasteiger partial charge in [-0.25, -0.2) is 0 Å². The Morgan fingerprint density at radius 3 is 2.44 bits per heavy atom. The molecule has 16 heavy (non-hydrogen) atoms. The maximum absolute atomic E-state index is 10.2. The SMILES string of the molecule is CCCC1CCC(O)C(N(CC)C(C)C)C1. The standard InChI is InChI=1S/C14H29NO/c1-5-7-12-8-9-14(16)13(10-12)15(6-2)11(3)4/h11-14,16H,5-10H2,1-4H3. The summed E-state index contributed by atoms with van der Waals surface area (Å²) in [6, 6.07) is 0.945. The van der Waals surface area contributed by atoms with Gasteiger partial charge in [0.1, 0.15) is 0 Å². The van der Waals surface area contributed by atoms with Gasteiger partial charge in [0.05, 0.1) is 6.10 Å². The van der Waals surface area contributed by atoms with Crippen molar-refractivity contribution in [1.82, 2.24) is 4.90 Å². The third-order valence-electron chi connectivity index (χ3n) is 4.04. The first kappa shape index (κ1) is 14.0. The zero-order chi connectivity index (χ0) is 12.1. The van der Waals surface area contributed by atoms with Crippen molar-refractivity contribution in [2.45, 2.75) is 78.0 Å². The predicted octanol–water partition coefficient (Wildman–Crippen LogP) is 3.05. The van der Waals surface area contributed by atoms with Crippen molar-refractivity contribution in [1.29, 1.82) is 0 Å². The first-order valence-electron chi connectivity index (χ1n) is 7.03. The van der Waals surface area contributed by atoms with E-state index >= 15 is 0 Å². The Kier molecular flexibility index (Phi) is 5.77. The van der Waals surface area contributed by atoms with Crippen molar-refractivity contribution < 1.29 is 5.11 Å². The van der Waals surface area contributed by atoms with E-state index in [-0.39, 0.29) is 6.10 Å². The van der Waals surface area contributed by atoms with Gasteiger partial charge in [-0.2, -0.15) is 0 Å². The van der Waals surface area contributed by atoms with Crippen molar-refractivity contribution in [3.05, 3.63) is 0 Å². The number of rotatable bonds is 5. The van der Waals surface area contributed by atoms with Gasteiger partial charge in [0.2, 0.25) is 0 Å². The molecule has 1 aliphatic carbocycles. The molecule has 1 rings (SSSR count). The zero-order valence-corrected chi connectivity index (χ0v) is 11.4. The van der Waals surface area contributed by atoms with Gasteiger partial charge >= 0.3 is 0 Å². The Balaban J connectivity index is 2.60. The summed E-state index contributed by atoms with van der Waals surface area (Å²) in [5.41, 5.74) is 0. The van der Waals surface area contributed by atoms with Gasteiger partial charge in [-0.15, -0.1) is 0 Å². The monoisotopic (exact) mass is 227 g/mol. The van der Waals surface area contributed by atoms with Crippen molar-refractivity contribution in [3.8, 4) is 0 Å². The summed E-state index contributed by atoms with van der Waals surface area (Å²) in [4.78, 5) is 2.46. The summed E-state index contributed by atoms with van der Waals surface area (Å²) in [6.07, 6.45) is 5.93. The van der Waals surface area contributed by atoms with E-state index in [4.69, 9.17) is 0 Å². The van der Waals surface area contributed by atoms with Gasteiger partial charge < -0.3 is 5.11 Å². The normalized spacial score (nSPS) is 31.3. The molecule has 96 valence electrons. The minimum atomic E-state index is -0.101. The minimum absolute atomic E-state index is 0.101. The van der Waals surface area contributed by atoms with E-state index in [0.29, 0.717) is 12.1 Å². The van der Waals surface area contributed by atoms with Crippen LogP contribution in [0.1, 0.15) is 59.8 Å². The van der Waals surface area contributed by atoms with Gasteiger partial charge in [-0.1, -0.05) is 26.7 Å². The Labute approximate surface area is 101 Å². The highest BCUT2D eigenvalue weighted by Crippen LogP contribution is 2.31. The third kappa shape index (κ3) is 3.46. The van der Waals surface area contributed by atoms with Crippen LogP contribution in [0.2, 0.25) is 0 Å². The highest BCUT2D eigenvalue weighted by molar-refractivity contribution is 4.87. The van der Waals surface area contributed by atoms with Crippen LogP contribution in [0.15, 0.2) is 0 Å². The Morgan fingerprint density at radius 1 is 1.25 bits per heavy atom. The molecule has 0 aliphatic heterocycles. The summed E-state index contributed by atoms with van der Waals surface area (Å²) in [5, 5.41) is 10.2. The second-order valence-electron chi connectivity index (χ2n) is 5.53. The summed E-state index contributed by atoms with van der Waals surface area (Å²) >= 11 is 0. The molecule has 0 aromatic heterocycles. The van der Waals surface area contributed by atoms with E-state index in [1.807, 2.05) is 0 Å². The van der Waals surface area contributed by atoms with Gasteiger partial charge in [0, 0.05) is 12.1 Å². The maximum atomic E-state index is 10.2. The van der Waals surface area contributed by atoms with Gasteiger partial charge in [-0.3, -0.25) is 4.90 Å². The third-order valence-corrected chi connectivity index (χ3v) is 4.04. The lowest BCUT2D eigenvalue weighted by molar-refractivity contribution is -0.00931. The lowest BCUT2D eigenvalue weighted by Gasteiger charge is -2.42. The smallest absolute Gasteiger partial charge is 0.0695 e. The summed E-state index contributed by atoms with van der Waals surface area (Å²) in [7, 11) is 0. The van der Waals surface area contributed by atoms with Gasteiger partial charge in [0.15, 0.2) is 0 Å². The Morgan fingerprint density at radius 2 is 1.94 bits per heavy atom. The van der Waals surface area contributed by atoms with E-state index in [0.717, 1.165) is 18.9 Å². The molecule has 0 aromatic carbocycles. The highest BCUT2D eigenvalue weighted by Gasteiger charge is 2.33. The van der Waals surface area contributed by atoms with Gasteiger partial charge in [0.25, 0.3) is 0 Å². The molecular weight excluding hydrogens is 198 g/mol. The molecule has 2 heteroatoms. The molecule has 1 saturated carbocycles. The van der Waals surface area contributed by atoms with E-state index in [1.165, 1.54) is 25.7 Å². The quantitative estimate of drug-likeness (QED) is 0.780. The largest absolute Gasteiger partial charge is 0.391 e. The number of aliphatic hydroxyl groups excluding tert-OH is 1. The summed E-state index contributed by atoms with van der Waals surface area (Å²) in [5.74, 6) is 0.839. The highest BCUT2D eigenvalue weighted by atomic mass is 16.3. The molecule has 0 amide bonds. The number of hydrogen-bond acceptors (Lipinski definition) is 2. The first-order chi connectivity index (χ1) is 7.60. The van der Waals surface area contributed by atoms with E-state index in [9.17, 15) is 5.11 Å². The molecule has 1 aliphatic rings. The molecule has 0 aromatic rings. The van der Waals surface area contributed by atoms with Crippen LogP contribution in [0.4, 0.5) is 0 Å². The lowest BCUT2D eigenvalue weighted by Crippen LogP contribution is -2.50. The lowest BCUT2D eigenvalue weighted by atomic mass is 9.80. The second kappa shape index (κ2) is 6.61. The molecular formula is C14H29NO. The van der Waals surface area contributed by atoms with Crippen LogP contribution in [0.25, 0.3) is 0 Å². The van der Waals surface area contributed by atoms with Crippen molar-refractivity contribution in [2.24, 2.45) is 5.92 Å². The van der Waals surface area contributed by atoms with Crippen LogP contribution in [-0.4, -0.2) is 34.7 Å². The first-order valence-corrected chi connectivity index (χ1v) is 7.03. The molecule has 0 saturated heterocycles. The van der Waals surface area contributed by atoms with Crippen molar-refractivity contribution in [2.75, 3.05) is 6.54 Å². The number of aliphatic hydroxyl groups is 1.